The van der Waals surface area contributed by atoms with Crippen molar-refractivity contribution in [2.45, 2.75) is 64.7 Å². The summed E-state index contributed by atoms with van der Waals surface area (Å²) in [4.78, 5) is 0. The summed E-state index contributed by atoms with van der Waals surface area (Å²) >= 11 is 0. The first-order chi connectivity index (χ1) is 9.53. The zero-order valence-corrected chi connectivity index (χ0v) is 12.7. The molecule has 0 aromatic heterocycles. The van der Waals surface area contributed by atoms with E-state index in [0.29, 0.717) is 6.04 Å². The van der Waals surface area contributed by atoms with Gasteiger partial charge in [-0.3, -0.25) is 0 Å². The van der Waals surface area contributed by atoms with Crippen LogP contribution in [0.25, 0.3) is 0 Å². The van der Waals surface area contributed by atoms with Crippen LogP contribution in [0.1, 0.15) is 52.9 Å². The quantitative estimate of drug-likeness (QED) is 0.876. The molecule has 3 rings (SSSR count). The van der Waals surface area contributed by atoms with E-state index in [1.807, 2.05) is 19.9 Å². The number of fused-ring (bicyclic) bond motifs is 1. The van der Waals surface area contributed by atoms with Gasteiger partial charge in [0.15, 0.2) is 11.5 Å². The summed E-state index contributed by atoms with van der Waals surface area (Å²) in [5.41, 5.74) is 1.13. The Bertz CT molecular complexity index is 478. The number of ether oxygens (including phenoxy) is 2. The van der Waals surface area contributed by atoms with Crippen molar-refractivity contribution in [3.05, 3.63) is 18.2 Å². The van der Waals surface area contributed by atoms with Gasteiger partial charge in [0.2, 0.25) is 5.79 Å². The Kier molecular flexibility index (Phi) is 3.53. The lowest BCUT2D eigenvalue weighted by Crippen LogP contribution is -2.29. The molecule has 2 aliphatic rings. The minimum absolute atomic E-state index is 0.517. The molecule has 0 spiro atoms. The molecule has 0 saturated heterocycles. The van der Waals surface area contributed by atoms with Gasteiger partial charge in [0, 0.05) is 31.6 Å². The third kappa shape index (κ3) is 2.87. The normalized spacial score (nSPS) is 22.6. The van der Waals surface area contributed by atoms with E-state index in [9.17, 15) is 0 Å². The summed E-state index contributed by atoms with van der Waals surface area (Å²) in [6.45, 7) is 6.17. The number of hydrogen-bond donors (Lipinski definition) is 1. The summed E-state index contributed by atoms with van der Waals surface area (Å²) in [6, 6.07) is 6.66. The van der Waals surface area contributed by atoms with E-state index in [-0.39, 0.29) is 0 Å². The first-order valence-electron chi connectivity index (χ1n) is 7.82. The minimum atomic E-state index is -0.546. The fourth-order valence-electron chi connectivity index (χ4n) is 3.33. The molecule has 1 aliphatic carbocycles. The van der Waals surface area contributed by atoms with Gasteiger partial charge in [-0.15, -0.1) is 0 Å². The maximum Gasteiger partial charge on any atom is 0.246 e. The van der Waals surface area contributed by atoms with Crippen molar-refractivity contribution < 1.29 is 9.47 Å². The second-order valence-electron chi connectivity index (χ2n) is 6.60. The van der Waals surface area contributed by atoms with Gasteiger partial charge in [-0.2, -0.15) is 0 Å². The maximum atomic E-state index is 5.80. The van der Waals surface area contributed by atoms with Crippen LogP contribution in [-0.4, -0.2) is 11.8 Å². The number of rotatable bonds is 3. The number of hydrogen-bond acceptors (Lipinski definition) is 3. The van der Waals surface area contributed by atoms with Gasteiger partial charge in [-0.25, -0.2) is 0 Å². The zero-order chi connectivity index (χ0) is 14.2. The molecule has 0 bridgehead atoms. The number of benzene rings is 1. The highest BCUT2D eigenvalue weighted by Gasteiger charge is 2.31. The van der Waals surface area contributed by atoms with Gasteiger partial charge >= 0.3 is 0 Å². The Morgan fingerprint density at radius 2 is 1.80 bits per heavy atom. The Morgan fingerprint density at radius 3 is 2.55 bits per heavy atom. The summed E-state index contributed by atoms with van der Waals surface area (Å²) < 4.78 is 11.5. The zero-order valence-electron chi connectivity index (χ0n) is 12.7. The van der Waals surface area contributed by atoms with Gasteiger partial charge in [-0.1, -0.05) is 19.3 Å². The van der Waals surface area contributed by atoms with Crippen LogP contribution in [0.2, 0.25) is 0 Å². The molecule has 1 aromatic rings. The fraction of sp³-hybridized carbons (Fsp3) is 0.647. The molecule has 1 saturated carbocycles. The molecule has 110 valence electrons. The minimum Gasteiger partial charge on any atom is -0.449 e. The Balaban J connectivity index is 1.67. The smallest absolute Gasteiger partial charge is 0.246 e. The molecule has 1 aliphatic heterocycles. The number of anilines is 1. The molecule has 1 N–H and O–H groups in total. The van der Waals surface area contributed by atoms with Crippen LogP contribution in [0.4, 0.5) is 5.69 Å². The predicted octanol–water partition coefficient (Wildman–Crippen LogP) is 4.57. The average Bonchev–Trinajstić information content (AvgIpc) is 2.73. The van der Waals surface area contributed by atoms with Crippen molar-refractivity contribution in [1.82, 2.24) is 0 Å². The molecular weight excluding hydrogens is 250 g/mol. The van der Waals surface area contributed by atoms with Crippen LogP contribution in [0, 0.1) is 5.92 Å². The first kappa shape index (κ1) is 13.6. The summed E-state index contributed by atoms with van der Waals surface area (Å²) in [5, 5.41) is 3.63. The van der Waals surface area contributed by atoms with Crippen molar-refractivity contribution in [1.29, 1.82) is 0 Å². The Labute approximate surface area is 121 Å². The highest BCUT2D eigenvalue weighted by Crippen LogP contribution is 2.41. The van der Waals surface area contributed by atoms with E-state index in [1.54, 1.807) is 0 Å². The first-order valence-corrected chi connectivity index (χ1v) is 7.82. The lowest BCUT2D eigenvalue weighted by atomic mass is 9.84. The largest absolute Gasteiger partial charge is 0.449 e. The SMILES string of the molecule is CC(Nc1ccc2c(c1)OC(C)(C)O2)C1CCCCC1. The molecule has 20 heavy (non-hydrogen) atoms. The molecule has 1 heterocycles. The lowest BCUT2D eigenvalue weighted by molar-refractivity contribution is -0.0431. The second kappa shape index (κ2) is 5.19. The lowest BCUT2D eigenvalue weighted by Gasteiger charge is -2.29. The van der Waals surface area contributed by atoms with E-state index in [0.717, 1.165) is 23.1 Å². The standard InChI is InChI=1S/C17H25NO2/c1-12(13-7-5-4-6-8-13)18-14-9-10-15-16(11-14)20-17(2,3)19-15/h9-13,18H,4-8H2,1-3H3. The Hall–Kier alpha value is -1.38. The van der Waals surface area contributed by atoms with Gasteiger partial charge in [-0.05, 0) is 37.8 Å². The molecule has 0 radical (unpaired) electrons. The van der Waals surface area contributed by atoms with Crippen molar-refractivity contribution >= 4 is 5.69 Å². The van der Waals surface area contributed by atoms with Gasteiger partial charge in [0.25, 0.3) is 0 Å². The molecule has 1 atom stereocenters. The summed E-state index contributed by atoms with van der Waals surface area (Å²) in [5.74, 6) is 1.93. The van der Waals surface area contributed by atoms with Crippen molar-refractivity contribution in [2.75, 3.05) is 5.32 Å². The van der Waals surface area contributed by atoms with Crippen LogP contribution in [0.15, 0.2) is 18.2 Å². The van der Waals surface area contributed by atoms with Crippen LogP contribution in [0.5, 0.6) is 11.5 Å². The summed E-state index contributed by atoms with van der Waals surface area (Å²) in [6.07, 6.45) is 6.87. The Morgan fingerprint density at radius 1 is 1.10 bits per heavy atom. The topological polar surface area (TPSA) is 30.5 Å². The van der Waals surface area contributed by atoms with E-state index in [4.69, 9.17) is 9.47 Å². The maximum absolute atomic E-state index is 5.80. The van der Waals surface area contributed by atoms with Crippen molar-refractivity contribution in [3.63, 3.8) is 0 Å². The van der Waals surface area contributed by atoms with E-state index < -0.39 is 5.79 Å². The monoisotopic (exact) mass is 275 g/mol. The third-order valence-electron chi connectivity index (χ3n) is 4.41. The van der Waals surface area contributed by atoms with Crippen LogP contribution in [0.3, 0.4) is 0 Å². The van der Waals surface area contributed by atoms with Crippen LogP contribution >= 0.6 is 0 Å². The molecular formula is C17H25NO2. The molecule has 3 heteroatoms. The highest BCUT2D eigenvalue weighted by molar-refractivity contribution is 5.56. The number of nitrogens with one attached hydrogen (secondary N) is 1. The van der Waals surface area contributed by atoms with Crippen LogP contribution in [-0.2, 0) is 0 Å². The molecule has 1 unspecified atom stereocenters. The molecule has 0 amide bonds. The van der Waals surface area contributed by atoms with E-state index in [1.165, 1.54) is 32.1 Å². The fourth-order valence-corrected chi connectivity index (χ4v) is 3.33. The predicted molar refractivity (Wildman–Crippen MR) is 81.4 cm³/mol. The van der Waals surface area contributed by atoms with Crippen LogP contribution < -0.4 is 14.8 Å². The average molecular weight is 275 g/mol. The van der Waals surface area contributed by atoms with E-state index >= 15 is 0 Å². The van der Waals surface area contributed by atoms with Gasteiger partial charge in [0.05, 0.1) is 0 Å². The van der Waals surface area contributed by atoms with E-state index in [2.05, 4.69) is 24.4 Å². The van der Waals surface area contributed by atoms with Crippen molar-refractivity contribution in [3.8, 4) is 11.5 Å². The van der Waals surface area contributed by atoms with Gasteiger partial charge in [0.1, 0.15) is 0 Å². The van der Waals surface area contributed by atoms with Gasteiger partial charge < -0.3 is 14.8 Å². The van der Waals surface area contributed by atoms with Crippen molar-refractivity contribution in [2.24, 2.45) is 5.92 Å². The second-order valence-corrected chi connectivity index (χ2v) is 6.60. The summed E-state index contributed by atoms with van der Waals surface area (Å²) in [7, 11) is 0. The third-order valence-corrected chi connectivity index (χ3v) is 4.41. The molecule has 1 fully saturated rings. The highest BCUT2D eigenvalue weighted by atomic mass is 16.7. The molecule has 3 nitrogen and oxygen atoms in total. The molecule has 1 aromatic carbocycles.